The molecule has 0 radical (unpaired) electrons. The summed E-state index contributed by atoms with van der Waals surface area (Å²) in [5.41, 5.74) is -5.56. The molecule has 0 amide bonds. The van der Waals surface area contributed by atoms with Gasteiger partial charge in [-0.2, -0.15) is 21.6 Å². The molecule has 0 saturated carbocycles. The van der Waals surface area contributed by atoms with Crippen LogP contribution in [0.25, 0.3) is 53.9 Å². The monoisotopic (exact) mass is 477 g/mol. The quantitative estimate of drug-likeness (QED) is 0.152. The average Bonchev–Trinajstić information content (AvgIpc) is 2.82. The number of hydrogen-bond donors (Lipinski definition) is 0. The highest BCUT2D eigenvalue weighted by Gasteiger charge is 2.48. The molecule has 8 heteroatoms. The number of nitrogens with zero attached hydrogens (tertiary/aromatic N) is 1. The number of benzene rings is 5. The van der Waals surface area contributed by atoms with Gasteiger partial charge in [0.25, 0.3) is 0 Å². The van der Waals surface area contributed by atoms with Crippen LogP contribution in [0.5, 0.6) is 5.88 Å². The molecule has 0 aliphatic carbocycles. The van der Waals surface area contributed by atoms with Gasteiger partial charge in [-0.3, -0.25) is 0 Å². The molecular weight excluding hydrogens is 463 g/mol. The van der Waals surface area contributed by atoms with E-state index in [4.69, 9.17) is 0 Å². The first-order valence-corrected chi connectivity index (χ1v) is 11.7. The molecule has 6 aromatic rings. The van der Waals surface area contributed by atoms with Crippen molar-refractivity contribution in [3.63, 3.8) is 0 Å². The number of pyridine rings is 1. The van der Waals surface area contributed by atoms with E-state index >= 15 is 0 Å². The van der Waals surface area contributed by atoms with Gasteiger partial charge in [0.05, 0.1) is 0 Å². The van der Waals surface area contributed by atoms with Crippen LogP contribution in [0.15, 0.2) is 85.1 Å². The minimum absolute atomic E-state index is 0.554. The maximum absolute atomic E-state index is 12.9. The van der Waals surface area contributed by atoms with Gasteiger partial charge in [0, 0.05) is 17.6 Å². The van der Waals surface area contributed by atoms with Crippen LogP contribution in [0.1, 0.15) is 0 Å². The number of halogens is 3. The molecule has 0 fully saturated rings. The molecule has 0 aliphatic heterocycles. The Labute approximate surface area is 191 Å². The van der Waals surface area contributed by atoms with E-state index in [1.807, 2.05) is 72.8 Å². The van der Waals surface area contributed by atoms with Crippen LogP contribution < -0.4 is 4.18 Å². The lowest BCUT2D eigenvalue weighted by Gasteiger charge is -2.16. The van der Waals surface area contributed by atoms with Gasteiger partial charge < -0.3 is 4.18 Å². The number of alkyl halides is 3. The van der Waals surface area contributed by atoms with Crippen LogP contribution in [0.3, 0.4) is 0 Å². The molecule has 1 aromatic heterocycles. The third-order valence-electron chi connectivity index (χ3n) is 6.05. The van der Waals surface area contributed by atoms with Gasteiger partial charge in [0.15, 0.2) is 0 Å². The SMILES string of the molecule is O=S(=O)(Oc1cc2c(cn1)c1ccccc1c1c3ccccc3c3ccccc3c21)C(F)(F)F. The Kier molecular flexibility index (Phi) is 4.28. The zero-order chi connectivity index (χ0) is 23.7. The van der Waals surface area contributed by atoms with Gasteiger partial charge in [-0.25, -0.2) is 4.98 Å². The number of aromatic nitrogens is 1. The third-order valence-corrected chi connectivity index (χ3v) is 7.00. The standard InChI is InChI=1S/C26H14F3NO3S/c27-26(28,29)34(31,32)33-23-13-21-22(14-30-23)17-9-3-6-12-20(17)24-18-10-4-1-7-15(18)16-8-2-5-11-19(16)25(21)24/h1-14H. The van der Waals surface area contributed by atoms with Gasteiger partial charge in [0.2, 0.25) is 5.88 Å². The summed E-state index contributed by atoms with van der Waals surface area (Å²) < 4.78 is 66.4. The van der Waals surface area contributed by atoms with Gasteiger partial charge in [-0.1, -0.05) is 72.8 Å². The van der Waals surface area contributed by atoms with Crippen LogP contribution in [-0.4, -0.2) is 18.9 Å². The molecule has 0 saturated heterocycles. The molecule has 0 aliphatic rings. The molecule has 0 unspecified atom stereocenters. The van der Waals surface area contributed by atoms with E-state index < -0.39 is 21.5 Å². The Morgan fingerprint density at radius 2 is 1.03 bits per heavy atom. The number of rotatable bonds is 2. The first kappa shape index (κ1) is 20.7. The van der Waals surface area contributed by atoms with Crippen molar-refractivity contribution in [2.45, 2.75) is 5.51 Å². The summed E-state index contributed by atoms with van der Waals surface area (Å²) in [5.74, 6) is -0.640. The van der Waals surface area contributed by atoms with Crippen LogP contribution in [0.4, 0.5) is 13.2 Å². The Bertz CT molecular complexity index is 1880. The van der Waals surface area contributed by atoms with Crippen molar-refractivity contribution in [2.24, 2.45) is 0 Å². The van der Waals surface area contributed by atoms with Crippen LogP contribution in [-0.2, 0) is 10.1 Å². The summed E-state index contributed by atoms with van der Waals surface area (Å²) >= 11 is 0. The molecule has 0 N–H and O–H groups in total. The van der Waals surface area contributed by atoms with E-state index in [9.17, 15) is 21.6 Å². The maximum atomic E-state index is 12.9. The van der Waals surface area contributed by atoms with E-state index in [0.717, 1.165) is 43.1 Å². The molecule has 0 bridgehead atoms. The Morgan fingerprint density at radius 1 is 0.618 bits per heavy atom. The van der Waals surface area contributed by atoms with Crippen LogP contribution >= 0.6 is 0 Å². The normalized spacial score (nSPS) is 12.8. The fourth-order valence-electron chi connectivity index (χ4n) is 4.70. The molecule has 6 rings (SSSR count). The molecule has 1 heterocycles. The molecular formula is C26H14F3NO3S. The minimum Gasteiger partial charge on any atom is -0.355 e. The van der Waals surface area contributed by atoms with Crippen molar-refractivity contribution in [3.05, 3.63) is 85.1 Å². The highest BCUT2D eigenvalue weighted by molar-refractivity contribution is 7.87. The summed E-state index contributed by atoms with van der Waals surface area (Å²) in [5, 5.41) is 8.66. The number of hydrogen-bond acceptors (Lipinski definition) is 4. The summed E-state index contributed by atoms with van der Waals surface area (Å²) in [6.07, 6.45) is 1.36. The zero-order valence-corrected chi connectivity index (χ0v) is 18.1. The largest absolute Gasteiger partial charge is 0.534 e. The van der Waals surface area contributed by atoms with Gasteiger partial charge in [-0.05, 0) is 48.5 Å². The van der Waals surface area contributed by atoms with Crippen molar-refractivity contribution >= 4 is 64.0 Å². The van der Waals surface area contributed by atoms with E-state index in [1.165, 1.54) is 12.3 Å². The number of fused-ring (bicyclic) bond motifs is 11. The van der Waals surface area contributed by atoms with E-state index in [-0.39, 0.29) is 0 Å². The first-order chi connectivity index (χ1) is 16.3. The van der Waals surface area contributed by atoms with Gasteiger partial charge in [-0.15, -0.1) is 0 Å². The van der Waals surface area contributed by atoms with E-state index in [0.29, 0.717) is 10.8 Å². The molecule has 0 spiro atoms. The van der Waals surface area contributed by atoms with Crippen molar-refractivity contribution in [3.8, 4) is 5.88 Å². The van der Waals surface area contributed by atoms with Crippen molar-refractivity contribution in [1.29, 1.82) is 0 Å². The Balaban J connectivity index is 1.85. The van der Waals surface area contributed by atoms with Gasteiger partial charge in [0.1, 0.15) is 0 Å². The van der Waals surface area contributed by atoms with E-state index in [2.05, 4.69) is 9.17 Å². The lowest BCUT2D eigenvalue weighted by atomic mass is 9.88. The third kappa shape index (κ3) is 2.92. The summed E-state index contributed by atoms with van der Waals surface area (Å²) in [6, 6.07) is 24.7. The molecule has 168 valence electrons. The topological polar surface area (TPSA) is 56.3 Å². The summed E-state index contributed by atoms with van der Waals surface area (Å²) in [7, 11) is -5.85. The van der Waals surface area contributed by atoms with Crippen LogP contribution in [0.2, 0.25) is 0 Å². The Morgan fingerprint density at radius 3 is 1.50 bits per heavy atom. The lowest BCUT2D eigenvalue weighted by Crippen LogP contribution is -2.28. The fraction of sp³-hybridized carbons (Fsp3) is 0.0385. The van der Waals surface area contributed by atoms with Crippen molar-refractivity contribution < 1.29 is 25.8 Å². The lowest BCUT2D eigenvalue weighted by molar-refractivity contribution is -0.0501. The molecule has 34 heavy (non-hydrogen) atoms. The average molecular weight is 477 g/mol. The smallest absolute Gasteiger partial charge is 0.355 e. The van der Waals surface area contributed by atoms with Gasteiger partial charge >= 0.3 is 15.6 Å². The molecule has 0 atom stereocenters. The predicted molar refractivity (Wildman–Crippen MR) is 127 cm³/mol. The Hall–Kier alpha value is -3.91. The highest BCUT2D eigenvalue weighted by Crippen LogP contribution is 2.44. The molecule has 5 aromatic carbocycles. The zero-order valence-electron chi connectivity index (χ0n) is 17.3. The fourth-order valence-corrected chi connectivity index (χ4v) is 5.11. The van der Waals surface area contributed by atoms with Crippen molar-refractivity contribution in [2.75, 3.05) is 0 Å². The second kappa shape index (κ2) is 7.04. The maximum Gasteiger partial charge on any atom is 0.534 e. The summed E-state index contributed by atoms with van der Waals surface area (Å²) in [4.78, 5) is 3.90. The second-order valence-corrected chi connectivity index (χ2v) is 9.48. The first-order valence-electron chi connectivity index (χ1n) is 10.3. The summed E-state index contributed by atoms with van der Waals surface area (Å²) in [6.45, 7) is 0. The van der Waals surface area contributed by atoms with Crippen LogP contribution in [0, 0.1) is 0 Å². The second-order valence-electron chi connectivity index (χ2n) is 7.94. The van der Waals surface area contributed by atoms with E-state index in [1.54, 1.807) is 0 Å². The van der Waals surface area contributed by atoms with Crippen molar-refractivity contribution in [1.82, 2.24) is 4.98 Å². The highest BCUT2D eigenvalue weighted by atomic mass is 32.2. The minimum atomic E-state index is -5.85. The molecule has 4 nitrogen and oxygen atoms in total. The predicted octanol–water partition coefficient (Wildman–Crippen LogP) is 7.08.